The lowest BCUT2D eigenvalue weighted by Crippen LogP contribution is -2.48. The molecule has 4 rings (SSSR count). The maximum absolute atomic E-state index is 12.3. The van der Waals surface area contributed by atoms with Crippen molar-refractivity contribution in [1.82, 2.24) is 20.4 Å². The maximum Gasteiger partial charge on any atom is 0.271 e. The van der Waals surface area contributed by atoms with E-state index in [0.29, 0.717) is 23.1 Å². The van der Waals surface area contributed by atoms with Crippen molar-refractivity contribution in [2.75, 3.05) is 24.6 Å². The molecule has 1 atom stereocenters. The van der Waals surface area contributed by atoms with Crippen LogP contribution in [0, 0.1) is 0 Å². The second kappa shape index (κ2) is 6.15. The van der Waals surface area contributed by atoms with Crippen molar-refractivity contribution in [2.24, 2.45) is 0 Å². The summed E-state index contributed by atoms with van der Waals surface area (Å²) in [6.45, 7) is 1.69. The SMILES string of the molecule is O=C(NC1CCN([C@@H]2CCS(=O)(=O)C2)CC1)c1cc(C2CC2)[nH]n1. The first-order valence-electron chi connectivity index (χ1n) is 8.81. The van der Waals surface area contributed by atoms with Crippen molar-refractivity contribution in [3.63, 3.8) is 0 Å². The van der Waals surface area contributed by atoms with Crippen LogP contribution in [-0.4, -0.2) is 66.1 Å². The first-order chi connectivity index (χ1) is 11.5. The Kier molecular flexibility index (Phi) is 4.12. The maximum atomic E-state index is 12.3. The van der Waals surface area contributed by atoms with Gasteiger partial charge >= 0.3 is 0 Å². The van der Waals surface area contributed by atoms with Gasteiger partial charge < -0.3 is 5.32 Å². The van der Waals surface area contributed by atoms with Gasteiger partial charge in [-0.15, -0.1) is 0 Å². The smallest absolute Gasteiger partial charge is 0.271 e. The number of amides is 1. The third kappa shape index (κ3) is 3.49. The number of piperidine rings is 1. The molecule has 8 heteroatoms. The number of aromatic nitrogens is 2. The van der Waals surface area contributed by atoms with Gasteiger partial charge in [-0.25, -0.2) is 8.42 Å². The molecule has 3 heterocycles. The van der Waals surface area contributed by atoms with E-state index in [0.717, 1.165) is 38.0 Å². The summed E-state index contributed by atoms with van der Waals surface area (Å²) in [5.41, 5.74) is 1.54. The van der Waals surface area contributed by atoms with Crippen LogP contribution >= 0.6 is 0 Å². The highest BCUT2D eigenvalue weighted by atomic mass is 32.2. The molecule has 2 N–H and O–H groups in total. The molecular formula is C16H24N4O3S. The van der Waals surface area contributed by atoms with E-state index in [1.807, 2.05) is 6.07 Å². The normalized spacial score (nSPS) is 28.1. The number of nitrogens with zero attached hydrogens (tertiary/aromatic N) is 2. The minimum Gasteiger partial charge on any atom is -0.348 e. The molecule has 132 valence electrons. The van der Waals surface area contributed by atoms with Crippen LogP contribution in [0.25, 0.3) is 0 Å². The lowest BCUT2D eigenvalue weighted by Gasteiger charge is -2.35. The van der Waals surface area contributed by atoms with E-state index in [1.165, 1.54) is 12.8 Å². The van der Waals surface area contributed by atoms with Crippen LogP contribution in [0.2, 0.25) is 0 Å². The van der Waals surface area contributed by atoms with E-state index in [4.69, 9.17) is 0 Å². The van der Waals surface area contributed by atoms with Gasteiger partial charge in [0.2, 0.25) is 0 Å². The van der Waals surface area contributed by atoms with Gasteiger partial charge in [0, 0.05) is 36.8 Å². The Balaban J connectivity index is 1.27. The highest BCUT2D eigenvalue weighted by molar-refractivity contribution is 7.91. The largest absolute Gasteiger partial charge is 0.348 e. The average molecular weight is 352 g/mol. The molecule has 1 saturated carbocycles. The van der Waals surface area contributed by atoms with Crippen LogP contribution in [0.3, 0.4) is 0 Å². The van der Waals surface area contributed by atoms with Crippen LogP contribution in [0.1, 0.15) is 54.2 Å². The van der Waals surface area contributed by atoms with Crippen molar-refractivity contribution < 1.29 is 13.2 Å². The van der Waals surface area contributed by atoms with E-state index < -0.39 is 9.84 Å². The molecule has 0 bridgehead atoms. The number of carbonyl (C=O) groups excluding carboxylic acids is 1. The lowest BCUT2D eigenvalue weighted by atomic mass is 10.0. The summed E-state index contributed by atoms with van der Waals surface area (Å²) in [5, 5.41) is 10.2. The summed E-state index contributed by atoms with van der Waals surface area (Å²) < 4.78 is 23.2. The summed E-state index contributed by atoms with van der Waals surface area (Å²) in [4.78, 5) is 14.6. The Bertz CT molecular complexity index is 717. The third-order valence-corrected chi connectivity index (χ3v) is 7.19. The quantitative estimate of drug-likeness (QED) is 0.830. The predicted molar refractivity (Wildman–Crippen MR) is 89.7 cm³/mol. The zero-order valence-corrected chi connectivity index (χ0v) is 14.5. The number of rotatable bonds is 4. The summed E-state index contributed by atoms with van der Waals surface area (Å²) in [6, 6.07) is 2.18. The fourth-order valence-corrected chi connectivity index (χ4v) is 5.55. The molecule has 1 aromatic rings. The number of nitrogens with one attached hydrogen (secondary N) is 2. The van der Waals surface area contributed by atoms with E-state index >= 15 is 0 Å². The molecule has 2 aliphatic heterocycles. The van der Waals surface area contributed by atoms with Gasteiger partial charge in [-0.3, -0.25) is 14.8 Å². The van der Waals surface area contributed by atoms with Crippen molar-refractivity contribution >= 4 is 15.7 Å². The van der Waals surface area contributed by atoms with Crippen LogP contribution in [0.5, 0.6) is 0 Å². The van der Waals surface area contributed by atoms with Gasteiger partial charge in [0.05, 0.1) is 11.5 Å². The lowest BCUT2D eigenvalue weighted by molar-refractivity contribution is 0.0893. The molecule has 24 heavy (non-hydrogen) atoms. The predicted octanol–water partition coefficient (Wildman–Crippen LogP) is 0.668. The Morgan fingerprint density at radius 1 is 1.21 bits per heavy atom. The van der Waals surface area contributed by atoms with Crippen molar-refractivity contribution in [3.05, 3.63) is 17.5 Å². The molecule has 0 radical (unpaired) electrons. The van der Waals surface area contributed by atoms with Gasteiger partial charge in [-0.2, -0.15) is 5.10 Å². The van der Waals surface area contributed by atoms with Crippen LogP contribution in [-0.2, 0) is 9.84 Å². The second-order valence-electron chi connectivity index (χ2n) is 7.32. The number of likely N-dealkylation sites (tertiary alicyclic amines) is 1. The van der Waals surface area contributed by atoms with Crippen molar-refractivity contribution in [2.45, 2.75) is 50.1 Å². The molecule has 3 fully saturated rings. The van der Waals surface area contributed by atoms with Crippen LogP contribution < -0.4 is 5.32 Å². The van der Waals surface area contributed by atoms with Gasteiger partial charge in [-0.05, 0) is 38.2 Å². The molecule has 3 aliphatic rings. The molecule has 0 unspecified atom stereocenters. The topological polar surface area (TPSA) is 95.2 Å². The molecular weight excluding hydrogens is 328 g/mol. The monoisotopic (exact) mass is 352 g/mol. The van der Waals surface area contributed by atoms with E-state index in [9.17, 15) is 13.2 Å². The Morgan fingerprint density at radius 2 is 1.96 bits per heavy atom. The first kappa shape index (κ1) is 16.1. The number of hydrogen-bond donors (Lipinski definition) is 2. The first-order valence-corrected chi connectivity index (χ1v) is 10.6. The van der Waals surface area contributed by atoms with Gasteiger partial charge in [0.1, 0.15) is 5.69 Å². The Hall–Kier alpha value is -1.41. The van der Waals surface area contributed by atoms with Gasteiger partial charge in [0.25, 0.3) is 5.91 Å². The number of aromatic amines is 1. The molecule has 7 nitrogen and oxygen atoms in total. The number of sulfone groups is 1. The highest BCUT2D eigenvalue weighted by Gasteiger charge is 2.34. The Morgan fingerprint density at radius 3 is 2.58 bits per heavy atom. The number of hydrogen-bond acceptors (Lipinski definition) is 5. The minimum absolute atomic E-state index is 0.111. The molecule has 1 amide bonds. The third-order valence-electron chi connectivity index (χ3n) is 5.44. The molecule has 1 aliphatic carbocycles. The molecule has 0 aromatic carbocycles. The zero-order chi connectivity index (χ0) is 16.7. The highest BCUT2D eigenvalue weighted by Crippen LogP contribution is 2.39. The average Bonchev–Trinajstić information content (AvgIpc) is 3.17. The second-order valence-corrected chi connectivity index (χ2v) is 9.55. The van der Waals surface area contributed by atoms with E-state index in [-0.39, 0.29) is 18.0 Å². The molecule has 2 saturated heterocycles. The number of H-pyrrole nitrogens is 1. The zero-order valence-electron chi connectivity index (χ0n) is 13.7. The van der Waals surface area contributed by atoms with Crippen LogP contribution in [0.15, 0.2) is 6.07 Å². The van der Waals surface area contributed by atoms with Gasteiger partial charge in [-0.1, -0.05) is 0 Å². The molecule has 1 aromatic heterocycles. The fourth-order valence-electron chi connectivity index (χ4n) is 3.79. The van der Waals surface area contributed by atoms with Crippen molar-refractivity contribution in [3.8, 4) is 0 Å². The standard InChI is InChI=1S/C16H24N4O3S/c21-16(15-9-14(18-19-15)11-1-2-11)17-12-3-6-20(7-4-12)13-5-8-24(22,23)10-13/h9,11-13H,1-8,10H2,(H,17,21)(H,18,19)/t13-/m1/s1. The van der Waals surface area contributed by atoms with Gasteiger partial charge in [0.15, 0.2) is 9.84 Å². The molecule has 0 spiro atoms. The van der Waals surface area contributed by atoms with E-state index in [1.54, 1.807) is 0 Å². The van der Waals surface area contributed by atoms with Crippen LogP contribution in [0.4, 0.5) is 0 Å². The summed E-state index contributed by atoms with van der Waals surface area (Å²) in [6.07, 6.45) is 4.83. The fraction of sp³-hybridized carbons (Fsp3) is 0.750. The minimum atomic E-state index is -2.84. The number of carbonyl (C=O) groups is 1. The Labute approximate surface area is 142 Å². The summed E-state index contributed by atoms with van der Waals surface area (Å²) in [7, 11) is -2.84. The summed E-state index contributed by atoms with van der Waals surface area (Å²) >= 11 is 0. The summed E-state index contributed by atoms with van der Waals surface area (Å²) in [5.74, 6) is 1.06. The van der Waals surface area contributed by atoms with Crippen molar-refractivity contribution in [1.29, 1.82) is 0 Å². The van der Waals surface area contributed by atoms with E-state index in [2.05, 4.69) is 20.4 Å².